The third-order valence-corrected chi connectivity index (χ3v) is 4.93. The highest BCUT2D eigenvalue weighted by atomic mass is 32.1. The summed E-state index contributed by atoms with van der Waals surface area (Å²) in [6, 6.07) is 5.82. The first-order valence-corrected chi connectivity index (χ1v) is 8.08. The Hall–Kier alpha value is -1.92. The molecule has 0 aliphatic carbocycles. The van der Waals surface area contributed by atoms with Crippen molar-refractivity contribution in [2.45, 2.75) is 13.3 Å². The van der Waals surface area contributed by atoms with Gasteiger partial charge in [-0.1, -0.05) is 6.07 Å². The van der Waals surface area contributed by atoms with Crippen molar-refractivity contribution in [1.29, 1.82) is 0 Å². The van der Waals surface area contributed by atoms with Gasteiger partial charge < -0.3 is 10.4 Å². The molecule has 6 heteroatoms. The zero-order chi connectivity index (χ0) is 15.2. The topological polar surface area (TPSA) is 66.4 Å². The number of thiophene rings is 2. The highest BCUT2D eigenvalue weighted by Gasteiger charge is 2.11. The molecule has 0 atom stereocenters. The molecule has 2 aromatic heterocycles. The van der Waals surface area contributed by atoms with E-state index in [4.69, 9.17) is 5.11 Å². The van der Waals surface area contributed by atoms with Crippen molar-refractivity contribution in [3.8, 4) is 0 Å². The first kappa shape index (κ1) is 15.5. The van der Waals surface area contributed by atoms with Gasteiger partial charge in [0, 0.05) is 22.4 Å². The first-order valence-electron chi connectivity index (χ1n) is 6.38. The second-order valence-corrected chi connectivity index (χ2v) is 6.53. The molecule has 0 fully saturated rings. The molecular formula is C15H15NO3S2. The molecule has 2 heterocycles. The molecule has 2 aromatic rings. The smallest absolute Gasteiger partial charge is 0.328 e. The van der Waals surface area contributed by atoms with Gasteiger partial charge in [0.1, 0.15) is 0 Å². The lowest BCUT2D eigenvalue weighted by atomic mass is 10.2. The summed E-state index contributed by atoms with van der Waals surface area (Å²) in [4.78, 5) is 25.2. The van der Waals surface area contributed by atoms with Crippen LogP contribution in [0.15, 0.2) is 29.7 Å². The van der Waals surface area contributed by atoms with Gasteiger partial charge in [0.15, 0.2) is 0 Å². The van der Waals surface area contributed by atoms with E-state index in [1.165, 1.54) is 22.3 Å². The zero-order valence-electron chi connectivity index (χ0n) is 11.5. The molecule has 0 saturated heterocycles. The maximum atomic E-state index is 12.0. The van der Waals surface area contributed by atoms with Crippen LogP contribution in [0.4, 0.5) is 0 Å². The third kappa shape index (κ3) is 4.54. The van der Waals surface area contributed by atoms with Crippen molar-refractivity contribution >= 4 is 40.6 Å². The lowest BCUT2D eigenvalue weighted by Gasteiger charge is -2.01. The summed E-state index contributed by atoms with van der Waals surface area (Å²) in [6.07, 6.45) is 3.42. The third-order valence-electron chi connectivity index (χ3n) is 2.79. The van der Waals surface area contributed by atoms with Gasteiger partial charge in [-0.3, -0.25) is 4.79 Å². The normalized spacial score (nSPS) is 10.9. The number of amides is 1. The van der Waals surface area contributed by atoms with Crippen LogP contribution >= 0.6 is 22.7 Å². The van der Waals surface area contributed by atoms with E-state index in [2.05, 4.69) is 5.32 Å². The minimum Gasteiger partial charge on any atom is -0.478 e. The number of carbonyl (C=O) groups excluding carboxylic acids is 1. The fourth-order valence-corrected chi connectivity index (χ4v) is 3.46. The molecular weight excluding hydrogens is 306 g/mol. The van der Waals surface area contributed by atoms with Crippen molar-refractivity contribution < 1.29 is 14.7 Å². The molecule has 0 aromatic carbocycles. The molecule has 0 unspecified atom stereocenters. The Labute approximate surface area is 130 Å². The van der Waals surface area contributed by atoms with E-state index in [0.717, 1.165) is 22.9 Å². The predicted octanol–water partition coefficient (Wildman–Crippen LogP) is 3.19. The van der Waals surface area contributed by atoms with Crippen molar-refractivity contribution in [2.75, 3.05) is 6.54 Å². The minimum atomic E-state index is -0.996. The van der Waals surface area contributed by atoms with Gasteiger partial charge in [0.25, 0.3) is 5.91 Å². The molecule has 2 N–H and O–H groups in total. The molecule has 0 radical (unpaired) electrons. The molecule has 4 nitrogen and oxygen atoms in total. The van der Waals surface area contributed by atoms with Gasteiger partial charge in [-0.2, -0.15) is 0 Å². The Morgan fingerprint density at radius 3 is 2.90 bits per heavy atom. The van der Waals surface area contributed by atoms with Crippen molar-refractivity contribution in [3.63, 3.8) is 0 Å². The Bertz CT molecular complexity index is 657. The number of aliphatic carboxylic acids is 1. The van der Waals surface area contributed by atoms with Crippen molar-refractivity contribution in [3.05, 3.63) is 49.9 Å². The Morgan fingerprint density at radius 2 is 2.24 bits per heavy atom. The number of nitrogens with one attached hydrogen (secondary N) is 1. The monoisotopic (exact) mass is 321 g/mol. The molecule has 110 valence electrons. The number of carboxylic acid groups (broad SMARTS) is 1. The second kappa shape index (κ2) is 7.19. The van der Waals surface area contributed by atoms with Gasteiger partial charge in [-0.25, -0.2) is 4.79 Å². The van der Waals surface area contributed by atoms with Crippen LogP contribution < -0.4 is 5.32 Å². The van der Waals surface area contributed by atoms with Gasteiger partial charge in [-0.05, 0) is 42.5 Å². The maximum absolute atomic E-state index is 12.0. The van der Waals surface area contributed by atoms with E-state index in [-0.39, 0.29) is 5.91 Å². The zero-order valence-corrected chi connectivity index (χ0v) is 13.1. The van der Waals surface area contributed by atoms with E-state index in [9.17, 15) is 9.59 Å². The minimum absolute atomic E-state index is 0.116. The van der Waals surface area contributed by atoms with E-state index >= 15 is 0 Å². The Balaban J connectivity index is 1.93. The average molecular weight is 321 g/mol. The van der Waals surface area contributed by atoms with Crippen molar-refractivity contribution in [2.24, 2.45) is 0 Å². The van der Waals surface area contributed by atoms with Crippen LogP contribution in [0.2, 0.25) is 0 Å². The molecule has 0 saturated carbocycles. The fourth-order valence-electron chi connectivity index (χ4n) is 1.76. The summed E-state index contributed by atoms with van der Waals surface area (Å²) in [5.74, 6) is -1.11. The summed E-state index contributed by atoms with van der Waals surface area (Å²) in [7, 11) is 0. The largest absolute Gasteiger partial charge is 0.478 e. The van der Waals surface area contributed by atoms with Crippen LogP contribution in [-0.4, -0.2) is 23.5 Å². The van der Waals surface area contributed by atoms with Crippen LogP contribution in [0.25, 0.3) is 6.08 Å². The van der Waals surface area contributed by atoms with Gasteiger partial charge in [-0.15, -0.1) is 22.7 Å². The lowest BCUT2D eigenvalue weighted by molar-refractivity contribution is -0.131. The van der Waals surface area contributed by atoms with E-state index in [1.807, 2.05) is 24.4 Å². The molecule has 2 rings (SSSR count). The van der Waals surface area contributed by atoms with E-state index in [1.54, 1.807) is 17.4 Å². The summed E-state index contributed by atoms with van der Waals surface area (Å²) >= 11 is 2.97. The molecule has 0 spiro atoms. The Morgan fingerprint density at radius 1 is 1.43 bits per heavy atom. The summed E-state index contributed by atoms with van der Waals surface area (Å²) < 4.78 is 0. The van der Waals surface area contributed by atoms with Crippen LogP contribution in [0.1, 0.15) is 25.0 Å². The Kier molecular flexibility index (Phi) is 5.30. The summed E-state index contributed by atoms with van der Waals surface area (Å²) in [5, 5.41) is 13.5. The molecule has 21 heavy (non-hydrogen) atoms. The SMILES string of the molecule is Cc1cc(C(=O)NCCc2cccs2)sc1/C=C/C(=O)O. The highest BCUT2D eigenvalue weighted by molar-refractivity contribution is 7.15. The van der Waals surface area contributed by atoms with Gasteiger partial charge in [0.2, 0.25) is 0 Å². The van der Waals surface area contributed by atoms with Crippen molar-refractivity contribution in [1.82, 2.24) is 5.32 Å². The number of carboxylic acids is 1. The standard InChI is InChI=1S/C15H15NO3S2/c1-10-9-13(21-12(10)4-5-14(17)18)15(19)16-7-6-11-3-2-8-20-11/h2-5,8-9H,6-7H2,1H3,(H,16,19)(H,17,18)/b5-4+. The number of rotatable bonds is 6. The summed E-state index contributed by atoms with van der Waals surface area (Å²) in [6.45, 7) is 2.46. The van der Waals surface area contributed by atoms with Gasteiger partial charge in [0.05, 0.1) is 4.88 Å². The number of carbonyl (C=O) groups is 2. The number of hydrogen-bond acceptors (Lipinski definition) is 4. The quantitative estimate of drug-likeness (QED) is 0.803. The number of aryl methyl sites for hydroxylation is 1. The van der Waals surface area contributed by atoms with E-state index < -0.39 is 5.97 Å². The molecule has 0 aliphatic rings. The summed E-state index contributed by atoms with van der Waals surface area (Å²) in [5.41, 5.74) is 0.904. The molecule has 0 aliphatic heterocycles. The van der Waals surface area contributed by atoms with Crippen LogP contribution in [0, 0.1) is 6.92 Å². The molecule has 0 bridgehead atoms. The first-order chi connectivity index (χ1) is 10.1. The average Bonchev–Trinajstić information content (AvgIpc) is 3.06. The predicted molar refractivity (Wildman–Crippen MR) is 86.1 cm³/mol. The van der Waals surface area contributed by atoms with Crippen LogP contribution in [-0.2, 0) is 11.2 Å². The highest BCUT2D eigenvalue weighted by Crippen LogP contribution is 2.23. The maximum Gasteiger partial charge on any atom is 0.328 e. The van der Waals surface area contributed by atoms with Gasteiger partial charge >= 0.3 is 5.97 Å². The number of hydrogen-bond donors (Lipinski definition) is 2. The molecule has 1 amide bonds. The van der Waals surface area contributed by atoms with E-state index in [0.29, 0.717) is 11.4 Å². The second-order valence-electron chi connectivity index (χ2n) is 4.41. The van der Waals surface area contributed by atoms with Crippen LogP contribution in [0.5, 0.6) is 0 Å². The fraction of sp³-hybridized carbons (Fsp3) is 0.200. The van der Waals surface area contributed by atoms with Crippen LogP contribution in [0.3, 0.4) is 0 Å². The lowest BCUT2D eigenvalue weighted by Crippen LogP contribution is -2.24.